The molecule has 2 heterocycles. The molecule has 0 aliphatic carbocycles. The molecular formula is C16H27N3S. The Kier molecular flexibility index (Phi) is 6.17. The zero-order valence-electron chi connectivity index (χ0n) is 12.9. The van der Waals surface area contributed by atoms with Gasteiger partial charge in [0.15, 0.2) is 0 Å². The Bertz CT molecular complexity index is 408. The molecule has 1 N–H and O–H groups in total. The topological polar surface area (TPSA) is 28.2 Å². The van der Waals surface area contributed by atoms with E-state index >= 15 is 0 Å². The van der Waals surface area contributed by atoms with Crippen LogP contribution in [0.5, 0.6) is 0 Å². The maximum atomic E-state index is 4.65. The van der Waals surface area contributed by atoms with Crippen molar-refractivity contribution in [1.29, 1.82) is 0 Å². The van der Waals surface area contributed by atoms with Crippen LogP contribution in [0.3, 0.4) is 0 Å². The molecular weight excluding hydrogens is 266 g/mol. The maximum Gasteiger partial charge on any atom is 0.133 e. The van der Waals surface area contributed by atoms with Gasteiger partial charge >= 0.3 is 0 Å². The highest BCUT2D eigenvalue weighted by Crippen LogP contribution is 2.26. The summed E-state index contributed by atoms with van der Waals surface area (Å²) in [4.78, 5) is 7.11. The smallest absolute Gasteiger partial charge is 0.133 e. The maximum absolute atomic E-state index is 4.65. The van der Waals surface area contributed by atoms with Crippen LogP contribution in [-0.4, -0.2) is 35.6 Å². The molecule has 1 aromatic rings. The fourth-order valence-corrected chi connectivity index (χ4v) is 3.69. The van der Waals surface area contributed by atoms with Crippen molar-refractivity contribution < 1.29 is 0 Å². The van der Waals surface area contributed by atoms with E-state index in [2.05, 4.69) is 53.8 Å². The van der Waals surface area contributed by atoms with Gasteiger partial charge in [0, 0.05) is 42.4 Å². The second kappa shape index (κ2) is 7.89. The third kappa shape index (κ3) is 4.38. The molecule has 1 atom stereocenters. The first kappa shape index (κ1) is 15.6. The third-order valence-corrected chi connectivity index (χ3v) is 5.00. The van der Waals surface area contributed by atoms with Crippen LogP contribution in [0.2, 0.25) is 0 Å². The van der Waals surface area contributed by atoms with Gasteiger partial charge in [-0.2, -0.15) is 11.8 Å². The predicted octanol–water partition coefficient (Wildman–Crippen LogP) is 3.16. The second-order valence-electron chi connectivity index (χ2n) is 5.86. The van der Waals surface area contributed by atoms with Gasteiger partial charge in [0.1, 0.15) is 5.82 Å². The van der Waals surface area contributed by atoms with Crippen LogP contribution in [0.1, 0.15) is 32.8 Å². The van der Waals surface area contributed by atoms with Crippen molar-refractivity contribution in [3.05, 3.63) is 23.9 Å². The van der Waals surface area contributed by atoms with Crippen molar-refractivity contribution in [3.8, 4) is 0 Å². The third-order valence-electron chi connectivity index (χ3n) is 3.63. The van der Waals surface area contributed by atoms with Gasteiger partial charge < -0.3 is 10.2 Å². The first-order valence-corrected chi connectivity index (χ1v) is 8.76. The molecule has 0 aromatic carbocycles. The summed E-state index contributed by atoms with van der Waals surface area (Å²) >= 11 is 2.10. The molecule has 1 fully saturated rings. The van der Waals surface area contributed by atoms with Gasteiger partial charge in [-0.05, 0) is 24.9 Å². The summed E-state index contributed by atoms with van der Waals surface area (Å²) in [5.41, 5.74) is 1.33. The predicted molar refractivity (Wildman–Crippen MR) is 89.5 cm³/mol. The van der Waals surface area contributed by atoms with Gasteiger partial charge in [0.2, 0.25) is 0 Å². The summed E-state index contributed by atoms with van der Waals surface area (Å²) < 4.78 is 0. The Morgan fingerprint density at radius 1 is 1.50 bits per heavy atom. The van der Waals surface area contributed by atoms with E-state index in [1.807, 2.05) is 12.3 Å². The summed E-state index contributed by atoms with van der Waals surface area (Å²) in [6.07, 6.45) is 3.17. The second-order valence-corrected chi connectivity index (χ2v) is 7.27. The zero-order valence-corrected chi connectivity index (χ0v) is 13.7. The fraction of sp³-hybridized carbons (Fsp3) is 0.688. The number of thioether (sulfide) groups is 1. The standard InChI is InChI=1S/C16H27N3S/c1-4-15-12-19(8-9-20-15)16-14(6-5-7-18-16)11-17-10-13(2)3/h5-7,13,15,17H,4,8-12H2,1-3H3. The van der Waals surface area contributed by atoms with Gasteiger partial charge in [-0.3, -0.25) is 0 Å². The molecule has 1 aliphatic rings. The van der Waals surface area contributed by atoms with E-state index in [1.54, 1.807) is 0 Å². The van der Waals surface area contributed by atoms with E-state index in [0.29, 0.717) is 5.92 Å². The zero-order chi connectivity index (χ0) is 14.4. The Labute approximate surface area is 127 Å². The van der Waals surface area contributed by atoms with Crippen molar-refractivity contribution >= 4 is 17.6 Å². The van der Waals surface area contributed by atoms with E-state index in [4.69, 9.17) is 0 Å². The molecule has 3 nitrogen and oxygen atoms in total. The number of hydrogen-bond acceptors (Lipinski definition) is 4. The lowest BCUT2D eigenvalue weighted by Crippen LogP contribution is -2.39. The highest BCUT2D eigenvalue weighted by molar-refractivity contribution is 8.00. The molecule has 20 heavy (non-hydrogen) atoms. The van der Waals surface area contributed by atoms with E-state index < -0.39 is 0 Å². The van der Waals surface area contributed by atoms with Gasteiger partial charge in [0.25, 0.3) is 0 Å². The number of nitrogens with zero attached hydrogens (tertiary/aromatic N) is 2. The van der Waals surface area contributed by atoms with Crippen molar-refractivity contribution in [1.82, 2.24) is 10.3 Å². The summed E-state index contributed by atoms with van der Waals surface area (Å²) in [5.74, 6) is 3.09. The van der Waals surface area contributed by atoms with Crippen molar-refractivity contribution in [2.45, 2.75) is 39.0 Å². The average Bonchev–Trinajstić information content (AvgIpc) is 2.47. The van der Waals surface area contributed by atoms with Crippen LogP contribution in [0.25, 0.3) is 0 Å². The van der Waals surface area contributed by atoms with Crippen LogP contribution in [0.15, 0.2) is 18.3 Å². The Morgan fingerprint density at radius 3 is 3.10 bits per heavy atom. The van der Waals surface area contributed by atoms with E-state index in [9.17, 15) is 0 Å². The Balaban J connectivity index is 2.03. The highest BCUT2D eigenvalue weighted by atomic mass is 32.2. The molecule has 1 aliphatic heterocycles. The lowest BCUT2D eigenvalue weighted by Gasteiger charge is -2.34. The number of hydrogen-bond donors (Lipinski definition) is 1. The van der Waals surface area contributed by atoms with Gasteiger partial charge in [-0.15, -0.1) is 0 Å². The summed E-state index contributed by atoms with van der Waals surface area (Å²) in [6, 6.07) is 4.25. The van der Waals surface area contributed by atoms with Crippen LogP contribution in [0, 0.1) is 5.92 Å². The van der Waals surface area contributed by atoms with Crippen LogP contribution >= 0.6 is 11.8 Å². The van der Waals surface area contributed by atoms with Crippen molar-refractivity contribution in [2.75, 3.05) is 30.3 Å². The lowest BCUT2D eigenvalue weighted by molar-refractivity contribution is 0.551. The Hall–Kier alpha value is -0.740. The van der Waals surface area contributed by atoms with Crippen molar-refractivity contribution in [3.63, 3.8) is 0 Å². The molecule has 1 aromatic heterocycles. The largest absolute Gasteiger partial charge is 0.354 e. The fourth-order valence-electron chi connectivity index (χ4n) is 2.51. The SMILES string of the molecule is CCC1CN(c2ncccc2CNCC(C)C)CCS1. The first-order chi connectivity index (χ1) is 9.70. The van der Waals surface area contributed by atoms with Crippen LogP contribution in [-0.2, 0) is 6.54 Å². The van der Waals surface area contributed by atoms with Gasteiger partial charge in [-0.1, -0.05) is 26.8 Å². The van der Waals surface area contributed by atoms with E-state index in [0.717, 1.165) is 31.4 Å². The molecule has 0 radical (unpaired) electrons. The first-order valence-electron chi connectivity index (χ1n) is 7.71. The molecule has 0 bridgehead atoms. The molecule has 1 saturated heterocycles. The quantitative estimate of drug-likeness (QED) is 0.872. The lowest BCUT2D eigenvalue weighted by atomic mass is 10.2. The van der Waals surface area contributed by atoms with Crippen LogP contribution < -0.4 is 10.2 Å². The summed E-state index contributed by atoms with van der Waals surface area (Å²) in [5, 5.41) is 4.29. The number of rotatable bonds is 6. The number of anilines is 1. The molecule has 2 rings (SSSR count). The van der Waals surface area contributed by atoms with E-state index in [-0.39, 0.29) is 0 Å². The monoisotopic (exact) mass is 293 g/mol. The number of nitrogens with one attached hydrogen (secondary N) is 1. The molecule has 0 saturated carbocycles. The highest BCUT2D eigenvalue weighted by Gasteiger charge is 2.21. The average molecular weight is 293 g/mol. The van der Waals surface area contributed by atoms with Gasteiger partial charge in [-0.25, -0.2) is 4.98 Å². The minimum absolute atomic E-state index is 0.686. The number of pyridine rings is 1. The summed E-state index contributed by atoms with van der Waals surface area (Å²) in [7, 11) is 0. The molecule has 0 spiro atoms. The van der Waals surface area contributed by atoms with E-state index in [1.165, 1.54) is 23.6 Å². The normalized spacial score (nSPS) is 19.6. The Morgan fingerprint density at radius 2 is 2.35 bits per heavy atom. The minimum atomic E-state index is 0.686. The number of aromatic nitrogens is 1. The minimum Gasteiger partial charge on any atom is -0.354 e. The van der Waals surface area contributed by atoms with Crippen LogP contribution in [0.4, 0.5) is 5.82 Å². The molecule has 1 unspecified atom stereocenters. The molecule has 0 amide bonds. The van der Waals surface area contributed by atoms with Gasteiger partial charge in [0.05, 0.1) is 0 Å². The molecule has 4 heteroatoms. The molecule has 112 valence electrons. The van der Waals surface area contributed by atoms with Crippen molar-refractivity contribution in [2.24, 2.45) is 5.92 Å². The summed E-state index contributed by atoms with van der Waals surface area (Å²) in [6.45, 7) is 11.0.